The van der Waals surface area contributed by atoms with Crippen LogP contribution in [0.2, 0.25) is 0 Å². The minimum atomic E-state index is -2.34. The summed E-state index contributed by atoms with van der Waals surface area (Å²) in [6.45, 7) is 0. The third-order valence-corrected chi connectivity index (χ3v) is 1.59. The number of nitrogens with two attached hydrogens (primary N) is 1. The number of quaternary nitrogens is 1. The Kier molecular flexibility index (Phi) is 2.83. The Morgan fingerprint density at radius 3 is 2.00 bits per heavy atom. The standard InChI is InChI=1S/C5H9F2N.ClH/c1-8-4-2-5(6,7)3-4;/h4,8H,2-3H2,1H3;1H. The molecule has 0 amide bonds. The maximum Gasteiger partial charge on any atom is 0.259 e. The van der Waals surface area contributed by atoms with E-state index < -0.39 is 5.92 Å². The Morgan fingerprint density at radius 2 is 1.89 bits per heavy atom. The molecule has 0 heterocycles. The average Bonchev–Trinajstić information content (AvgIpc) is 1.60. The monoisotopic (exact) mass is 157 g/mol. The van der Waals surface area contributed by atoms with Crippen molar-refractivity contribution in [3.63, 3.8) is 0 Å². The van der Waals surface area contributed by atoms with Gasteiger partial charge in [0.2, 0.25) is 0 Å². The van der Waals surface area contributed by atoms with Gasteiger partial charge in [-0.1, -0.05) is 0 Å². The predicted octanol–water partition coefficient (Wildman–Crippen LogP) is -3.02. The van der Waals surface area contributed by atoms with Gasteiger partial charge in [-0.05, 0) is 0 Å². The van der Waals surface area contributed by atoms with Crippen LogP contribution >= 0.6 is 0 Å². The molecule has 1 rings (SSSR count). The van der Waals surface area contributed by atoms with Crippen molar-refractivity contribution in [1.82, 2.24) is 0 Å². The summed E-state index contributed by atoms with van der Waals surface area (Å²) in [5, 5.41) is 1.84. The van der Waals surface area contributed by atoms with E-state index in [0.29, 0.717) is 0 Å². The van der Waals surface area contributed by atoms with Crippen LogP contribution in [0.25, 0.3) is 0 Å². The molecule has 0 aromatic rings. The molecule has 1 saturated carbocycles. The topological polar surface area (TPSA) is 16.6 Å². The van der Waals surface area contributed by atoms with E-state index in [1.165, 1.54) is 0 Å². The highest BCUT2D eigenvalue weighted by Gasteiger charge is 2.47. The van der Waals surface area contributed by atoms with Gasteiger partial charge in [-0.15, -0.1) is 0 Å². The van der Waals surface area contributed by atoms with Crippen molar-refractivity contribution in [3.8, 4) is 0 Å². The molecule has 1 fully saturated rings. The summed E-state index contributed by atoms with van der Waals surface area (Å²) in [7, 11) is 1.83. The summed E-state index contributed by atoms with van der Waals surface area (Å²) in [6, 6.07) is 0.185. The molecule has 2 N–H and O–H groups in total. The molecule has 0 bridgehead atoms. The van der Waals surface area contributed by atoms with Gasteiger partial charge in [0.25, 0.3) is 5.92 Å². The molecule has 9 heavy (non-hydrogen) atoms. The fourth-order valence-corrected chi connectivity index (χ4v) is 0.943. The molecule has 0 atom stereocenters. The molecule has 4 heteroatoms. The van der Waals surface area contributed by atoms with Crippen molar-refractivity contribution in [2.75, 3.05) is 7.05 Å². The fourth-order valence-electron chi connectivity index (χ4n) is 0.943. The second-order valence-electron chi connectivity index (χ2n) is 2.36. The molecule has 0 aliphatic heterocycles. The summed E-state index contributed by atoms with van der Waals surface area (Å²) in [6.07, 6.45) is 0.146. The second-order valence-corrected chi connectivity index (χ2v) is 2.36. The zero-order chi connectivity index (χ0) is 6.20. The van der Waals surface area contributed by atoms with E-state index in [1.807, 2.05) is 12.4 Å². The van der Waals surface area contributed by atoms with E-state index >= 15 is 0 Å². The van der Waals surface area contributed by atoms with Gasteiger partial charge < -0.3 is 17.7 Å². The number of alkyl halides is 2. The van der Waals surface area contributed by atoms with Gasteiger partial charge in [0.05, 0.1) is 25.9 Å². The third kappa shape index (κ3) is 2.06. The van der Waals surface area contributed by atoms with E-state index in [0.717, 1.165) is 0 Å². The summed E-state index contributed by atoms with van der Waals surface area (Å²) in [5.74, 6) is -2.34. The van der Waals surface area contributed by atoms with E-state index in [9.17, 15) is 8.78 Å². The fraction of sp³-hybridized carbons (Fsp3) is 1.00. The predicted molar refractivity (Wildman–Crippen MR) is 25.8 cm³/mol. The van der Waals surface area contributed by atoms with Gasteiger partial charge in [-0.25, -0.2) is 8.78 Å². The first-order valence-electron chi connectivity index (χ1n) is 2.81. The molecule has 56 valence electrons. The molecule has 0 unspecified atom stereocenters. The first-order valence-corrected chi connectivity index (χ1v) is 2.81. The molecule has 0 saturated heterocycles. The Labute approximate surface area is 59.2 Å². The van der Waals surface area contributed by atoms with Crippen LogP contribution in [-0.2, 0) is 0 Å². The molecule has 1 aliphatic rings. The Balaban J connectivity index is 0.000000640. The number of hydrogen-bond donors (Lipinski definition) is 1. The lowest BCUT2D eigenvalue weighted by Gasteiger charge is -2.31. The van der Waals surface area contributed by atoms with Gasteiger partial charge in [0.15, 0.2) is 0 Å². The van der Waals surface area contributed by atoms with E-state index in [1.54, 1.807) is 0 Å². The summed E-state index contributed by atoms with van der Waals surface area (Å²) >= 11 is 0. The van der Waals surface area contributed by atoms with Crippen LogP contribution < -0.4 is 17.7 Å². The zero-order valence-electron chi connectivity index (χ0n) is 5.20. The lowest BCUT2D eigenvalue weighted by atomic mass is 9.88. The normalized spacial score (nSPS) is 24.3. The van der Waals surface area contributed by atoms with Gasteiger partial charge in [0.1, 0.15) is 0 Å². The van der Waals surface area contributed by atoms with Crippen LogP contribution in [0.15, 0.2) is 0 Å². The second kappa shape index (κ2) is 2.80. The maximum atomic E-state index is 12.0. The summed E-state index contributed by atoms with van der Waals surface area (Å²) < 4.78 is 23.9. The molecule has 0 aromatic carbocycles. The molecular weight excluding hydrogens is 148 g/mol. The van der Waals surface area contributed by atoms with Crippen LogP contribution in [0.4, 0.5) is 8.78 Å². The van der Waals surface area contributed by atoms with Crippen LogP contribution in [0.3, 0.4) is 0 Å². The quantitative estimate of drug-likeness (QED) is 0.418. The third-order valence-electron chi connectivity index (χ3n) is 1.59. The molecule has 0 spiro atoms. The van der Waals surface area contributed by atoms with E-state index in [-0.39, 0.29) is 31.3 Å². The Hall–Kier alpha value is 0.110. The smallest absolute Gasteiger partial charge is 0.259 e. The van der Waals surface area contributed by atoms with Crippen molar-refractivity contribution in [2.24, 2.45) is 0 Å². The molecule has 0 radical (unpaired) electrons. The van der Waals surface area contributed by atoms with Crippen LogP contribution in [0.1, 0.15) is 12.8 Å². The first-order chi connectivity index (χ1) is 3.64. The van der Waals surface area contributed by atoms with Crippen molar-refractivity contribution in [2.45, 2.75) is 24.8 Å². The van der Waals surface area contributed by atoms with E-state index in [4.69, 9.17) is 0 Å². The van der Waals surface area contributed by atoms with Crippen molar-refractivity contribution < 1.29 is 26.5 Å². The van der Waals surface area contributed by atoms with E-state index in [2.05, 4.69) is 0 Å². The Bertz CT molecular complexity index is 89.0. The number of hydrogen-bond acceptors (Lipinski definition) is 0. The molecule has 0 aromatic heterocycles. The lowest BCUT2D eigenvalue weighted by molar-refractivity contribution is -0.682. The largest absolute Gasteiger partial charge is 1.00 e. The SMILES string of the molecule is C[NH2+]C1CC(F)(F)C1.[Cl-]. The summed E-state index contributed by atoms with van der Waals surface area (Å²) in [4.78, 5) is 0. The van der Waals surface area contributed by atoms with Crippen molar-refractivity contribution in [1.29, 1.82) is 0 Å². The van der Waals surface area contributed by atoms with Gasteiger partial charge in [0, 0.05) is 0 Å². The minimum absolute atomic E-state index is 0. The molecule has 1 nitrogen and oxygen atoms in total. The highest BCUT2D eigenvalue weighted by Crippen LogP contribution is 2.35. The van der Waals surface area contributed by atoms with Crippen LogP contribution in [0.5, 0.6) is 0 Å². The molecule has 1 aliphatic carbocycles. The van der Waals surface area contributed by atoms with Gasteiger partial charge in [-0.2, -0.15) is 0 Å². The lowest BCUT2D eigenvalue weighted by Crippen LogP contribution is -3.00. The van der Waals surface area contributed by atoms with Crippen molar-refractivity contribution >= 4 is 0 Å². The number of rotatable bonds is 1. The number of halogens is 3. The average molecular weight is 158 g/mol. The Morgan fingerprint density at radius 1 is 1.44 bits per heavy atom. The zero-order valence-corrected chi connectivity index (χ0v) is 5.96. The van der Waals surface area contributed by atoms with Gasteiger partial charge in [-0.3, -0.25) is 0 Å². The summed E-state index contributed by atoms with van der Waals surface area (Å²) in [5.41, 5.74) is 0. The van der Waals surface area contributed by atoms with Crippen molar-refractivity contribution in [3.05, 3.63) is 0 Å². The van der Waals surface area contributed by atoms with Crippen LogP contribution in [0, 0.1) is 0 Å². The highest BCUT2D eigenvalue weighted by atomic mass is 35.5. The van der Waals surface area contributed by atoms with Gasteiger partial charge >= 0.3 is 0 Å². The minimum Gasteiger partial charge on any atom is -1.00 e. The molecular formula is C5H10ClF2N. The maximum absolute atomic E-state index is 12.0. The van der Waals surface area contributed by atoms with Crippen LogP contribution in [-0.4, -0.2) is 19.0 Å². The highest BCUT2D eigenvalue weighted by molar-refractivity contribution is 4.84. The first kappa shape index (κ1) is 9.11.